The van der Waals surface area contributed by atoms with Crippen molar-refractivity contribution in [3.63, 3.8) is 0 Å². The molecule has 4 rings (SSSR count). The Labute approximate surface area is 170 Å². The summed E-state index contributed by atoms with van der Waals surface area (Å²) in [5.41, 5.74) is 2.82. The van der Waals surface area contributed by atoms with Gasteiger partial charge in [-0.3, -0.25) is 4.79 Å². The molecule has 3 aromatic rings. The average Bonchev–Trinajstić information content (AvgIpc) is 3.29. The summed E-state index contributed by atoms with van der Waals surface area (Å²) in [4.78, 5) is 14.9. The van der Waals surface area contributed by atoms with Crippen LogP contribution in [0.1, 0.15) is 38.2 Å². The molecule has 1 amide bonds. The number of aromatic nitrogens is 2. The Bertz CT molecular complexity index is 934. The number of piperidine rings is 1. The SMILES string of the molecule is CC(C)c1ccc(NC(=O)C2CCCN(c3ccc(-c4ccco4)nn3)C2)cc1. The van der Waals surface area contributed by atoms with E-state index in [0.29, 0.717) is 23.9 Å². The third-order valence-corrected chi connectivity index (χ3v) is 5.39. The number of nitrogens with one attached hydrogen (secondary N) is 1. The van der Waals surface area contributed by atoms with E-state index in [0.717, 1.165) is 30.9 Å². The summed E-state index contributed by atoms with van der Waals surface area (Å²) in [7, 11) is 0. The standard InChI is InChI=1S/C23H26N4O2/c1-16(2)17-7-9-19(10-8-17)24-23(28)18-5-3-13-27(15-18)22-12-11-20(25-26-22)21-6-4-14-29-21/h4,6-12,14,16,18H,3,5,13,15H2,1-2H3,(H,24,28). The number of rotatable bonds is 5. The summed E-state index contributed by atoms with van der Waals surface area (Å²) in [6.07, 6.45) is 3.45. The number of benzene rings is 1. The molecule has 1 atom stereocenters. The minimum Gasteiger partial charge on any atom is -0.463 e. The van der Waals surface area contributed by atoms with Gasteiger partial charge < -0.3 is 14.6 Å². The van der Waals surface area contributed by atoms with Gasteiger partial charge in [0.1, 0.15) is 5.69 Å². The van der Waals surface area contributed by atoms with Crippen molar-refractivity contribution < 1.29 is 9.21 Å². The molecule has 1 aliphatic heterocycles. The van der Waals surface area contributed by atoms with Crippen LogP contribution in [-0.4, -0.2) is 29.2 Å². The second-order valence-electron chi connectivity index (χ2n) is 7.81. The first kappa shape index (κ1) is 19.2. The lowest BCUT2D eigenvalue weighted by atomic mass is 9.97. The summed E-state index contributed by atoms with van der Waals surface area (Å²) in [6, 6.07) is 15.6. The minimum atomic E-state index is -0.0694. The van der Waals surface area contributed by atoms with Gasteiger partial charge >= 0.3 is 0 Å². The Hall–Kier alpha value is -3.15. The zero-order valence-electron chi connectivity index (χ0n) is 16.8. The van der Waals surface area contributed by atoms with E-state index in [4.69, 9.17) is 4.42 Å². The van der Waals surface area contributed by atoms with Crippen LogP contribution in [-0.2, 0) is 4.79 Å². The highest BCUT2D eigenvalue weighted by Crippen LogP contribution is 2.25. The number of carbonyl (C=O) groups excluding carboxylic acids is 1. The molecular weight excluding hydrogens is 364 g/mol. The van der Waals surface area contributed by atoms with Crippen molar-refractivity contribution in [1.29, 1.82) is 0 Å². The van der Waals surface area contributed by atoms with Crippen molar-refractivity contribution in [2.45, 2.75) is 32.6 Å². The van der Waals surface area contributed by atoms with E-state index in [2.05, 4.69) is 46.4 Å². The van der Waals surface area contributed by atoms with E-state index >= 15 is 0 Å². The molecule has 29 heavy (non-hydrogen) atoms. The molecule has 1 aliphatic rings. The van der Waals surface area contributed by atoms with Crippen LogP contribution >= 0.6 is 0 Å². The molecule has 6 heteroatoms. The molecule has 0 radical (unpaired) electrons. The van der Waals surface area contributed by atoms with Crippen LogP contribution in [0.5, 0.6) is 0 Å². The van der Waals surface area contributed by atoms with Gasteiger partial charge in [-0.2, -0.15) is 0 Å². The van der Waals surface area contributed by atoms with Crippen LogP contribution < -0.4 is 10.2 Å². The maximum Gasteiger partial charge on any atom is 0.229 e. The van der Waals surface area contributed by atoms with Crippen molar-refractivity contribution in [2.24, 2.45) is 5.92 Å². The fraction of sp³-hybridized carbons (Fsp3) is 0.348. The van der Waals surface area contributed by atoms with Crippen LogP contribution in [0.25, 0.3) is 11.5 Å². The molecule has 1 aromatic carbocycles. The van der Waals surface area contributed by atoms with Crippen LogP contribution in [0.4, 0.5) is 11.5 Å². The number of anilines is 2. The van der Waals surface area contributed by atoms with Gasteiger partial charge in [0.2, 0.25) is 5.91 Å². The van der Waals surface area contributed by atoms with Gasteiger partial charge in [0, 0.05) is 18.8 Å². The van der Waals surface area contributed by atoms with Crippen LogP contribution in [0.15, 0.2) is 59.2 Å². The van der Waals surface area contributed by atoms with Gasteiger partial charge in [0.25, 0.3) is 0 Å². The second kappa shape index (κ2) is 8.47. The summed E-state index contributed by atoms with van der Waals surface area (Å²) >= 11 is 0. The Morgan fingerprint density at radius 1 is 1.14 bits per heavy atom. The van der Waals surface area contributed by atoms with E-state index in [1.807, 2.05) is 36.4 Å². The monoisotopic (exact) mass is 390 g/mol. The predicted molar refractivity (Wildman–Crippen MR) is 114 cm³/mol. The molecular formula is C23H26N4O2. The van der Waals surface area contributed by atoms with E-state index in [-0.39, 0.29) is 11.8 Å². The summed E-state index contributed by atoms with van der Waals surface area (Å²) in [5.74, 6) is 1.96. The molecule has 2 aromatic heterocycles. The van der Waals surface area contributed by atoms with Gasteiger partial charge in [0.05, 0.1) is 12.2 Å². The number of hydrogen-bond acceptors (Lipinski definition) is 5. The van der Waals surface area contributed by atoms with Crippen LogP contribution in [0, 0.1) is 5.92 Å². The number of furan rings is 1. The zero-order valence-corrected chi connectivity index (χ0v) is 16.8. The van der Waals surface area contributed by atoms with E-state index < -0.39 is 0 Å². The molecule has 1 unspecified atom stereocenters. The molecule has 0 spiro atoms. The van der Waals surface area contributed by atoms with Gasteiger partial charge in [0.15, 0.2) is 11.6 Å². The largest absolute Gasteiger partial charge is 0.463 e. The first-order chi connectivity index (χ1) is 14.1. The molecule has 6 nitrogen and oxygen atoms in total. The lowest BCUT2D eigenvalue weighted by molar-refractivity contribution is -0.120. The Morgan fingerprint density at radius 2 is 1.97 bits per heavy atom. The zero-order chi connectivity index (χ0) is 20.2. The Morgan fingerprint density at radius 3 is 2.62 bits per heavy atom. The smallest absolute Gasteiger partial charge is 0.229 e. The Balaban J connectivity index is 1.39. The minimum absolute atomic E-state index is 0.0622. The maximum absolute atomic E-state index is 12.8. The highest BCUT2D eigenvalue weighted by Gasteiger charge is 2.27. The van der Waals surface area contributed by atoms with E-state index in [9.17, 15) is 4.79 Å². The van der Waals surface area contributed by atoms with Gasteiger partial charge in [-0.1, -0.05) is 26.0 Å². The molecule has 3 heterocycles. The highest BCUT2D eigenvalue weighted by atomic mass is 16.3. The summed E-state index contributed by atoms with van der Waals surface area (Å²) < 4.78 is 5.36. The number of carbonyl (C=O) groups is 1. The lowest BCUT2D eigenvalue weighted by Gasteiger charge is -2.32. The molecule has 0 bridgehead atoms. The third-order valence-electron chi connectivity index (χ3n) is 5.39. The average molecular weight is 390 g/mol. The molecule has 150 valence electrons. The summed E-state index contributed by atoms with van der Waals surface area (Å²) in [6.45, 7) is 5.84. The van der Waals surface area contributed by atoms with Crippen molar-refractivity contribution in [3.8, 4) is 11.5 Å². The first-order valence-corrected chi connectivity index (χ1v) is 10.1. The van der Waals surface area contributed by atoms with Gasteiger partial charge in [-0.15, -0.1) is 10.2 Å². The lowest BCUT2D eigenvalue weighted by Crippen LogP contribution is -2.41. The Kier molecular flexibility index (Phi) is 5.60. The molecule has 0 aliphatic carbocycles. The molecule has 1 fully saturated rings. The van der Waals surface area contributed by atoms with Crippen molar-refractivity contribution in [1.82, 2.24) is 10.2 Å². The molecule has 1 saturated heterocycles. The second-order valence-corrected chi connectivity index (χ2v) is 7.81. The quantitative estimate of drug-likeness (QED) is 0.683. The predicted octanol–water partition coefficient (Wildman–Crippen LogP) is 4.72. The van der Waals surface area contributed by atoms with Crippen LogP contribution in [0.2, 0.25) is 0 Å². The number of hydrogen-bond donors (Lipinski definition) is 1. The molecule has 1 N–H and O–H groups in total. The molecule has 0 saturated carbocycles. The van der Waals surface area contributed by atoms with Gasteiger partial charge in [-0.25, -0.2) is 0 Å². The summed E-state index contributed by atoms with van der Waals surface area (Å²) in [5, 5.41) is 11.7. The topological polar surface area (TPSA) is 71.3 Å². The third kappa shape index (κ3) is 4.47. The fourth-order valence-corrected chi connectivity index (χ4v) is 3.64. The van der Waals surface area contributed by atoms with Crippen molar-refractivity contribution >= 4 is 17.4 Å². The van der Waals surface area contributed by atoms with Crippen molar-refractivity contribution in [2.75, 3.05) is 23.3 Å². The maximum atomic E-state index is 12.8. The number of nitrogens with zero attached hydrogens (tertiary/aromatic N) is 3. The first-order valence-electron chi connectivity index (χ1n) is 10.1. The van der Waals surface area contributed by atoms with Crippen LogP contribution in [0.3, 0.4) is 0 Å². The van der Waals surface area contributed by atoms with Crippen molar-refractivity contribution in [3.05, 3.63) is 60.4 Å². The normalized spacial score (nSPS) is 16.8. The number of amides is 1. The highest BCUT2D eigenvalue weighted by molar-refractivity contribution is 5.93. The fourth-order valence-electron chi connectivity index (χ4n) is 3.64. The van der Waals surface area contributed by atoms with Gasteiger partial charge in [-0.05, 0) is 60.7 Å². The van der Waals surface area contributed by atoms with E-state index in [1.165, 1.54) is 5.56 Å². The van der Waals surface area contributed by atoms with E-state index in [1.54, 1.807) is 6.26 Å².